The number of hydrogen-bond donors (Lipinski definition) is 1. The summed E-state index contributed by atoms with van der Waals surface area (Å²) in [6.07, 6.45) is 5.61. The molecular weight excluding hydrogens is 409 g/mol. The summed E-state index contributed by atoms with van der Waals surface area (Å²) in [6.45, 7) is 1.71. The maximum absolute atomic E-state index is 13.7. The van der Waals surface area contributed by atoms with Gasteiger partial charge in [0.2, 0.25) is 5.91 Å². The Morgan fingerprint density at radius 2 is 2.16 bits per heavy atom. The van der Waals surface area contributed by atoms with Gasteiger partial charge in [-0.1, -0.05) is 6.07 Å². The third-order valence-corrected chi connectivity index (χ3v) is 5.46. The van der Waals surface area contributed by atoms with Crippen molar-refractivity contribution in [2.24, 2.45) is 0 Å². The normalized spacial score (nSPS) is 16.1. The molecule has 166 valence electrons. The van der Waals surface area contributed by atoms with Gasteiger partial charge in [0.1, 0.15) is 17.5 Å². The first-order valence-electron chi connectivity index (χ1n) is 10.7. The number of halogens is 1. The van der Waals surface area contributed by atoms with Crippen molar-refractivity contribution in [2.45, 2.75) is 25.2 Å². The molecule has 1 aliphatic heterocycles. The van der Waals surface area contributed by atoms with Gasteiger partial charge in [-0.2, -0.15) is 0 Å². The SMILES string of the molecule is COCCC(=O)N1CCC[C@H](c2nc(Nc3cccc(F)c3)cc(-c3cccnc3)n2)C1. The second kappa shape index (κ2) is 10.3. The molecule has 0 bridgehead atoms. The fraction of sp³-hybridized carbons (Fsp3) is 0.333. The third-order valence-electron chi connectivity index (χ3n) is 5.46. The number of benzene rings is 1. The maximum Gasteiger partial charge on any atom is 0.224 e. The Balaban J connectivity index is 1.63. The van der Waals surface area contributed by atoms with Crippen LogP contribution in [0.25, 0.3) is 11.3 Å². The molecule has 0 spiro atoms. The minimum absolute atomic E-state index is 0.0138. The minimum Gasteiger partial charge on any atom is -0.384 e. The first kappa shape index (κ1) is 21.8. The fourth-order valence-electron chi connectivity index (χ4n) is 3.85. The molecule has 0 unspecified atom stereocenters. The van der Waals surface area contributed by atoms with Gasteiger partial charge in [-0.15, -0.1) is 0 Å². The molecule has 8 heteroatoms. The van der Waals surface area contributed by atoms with Crippen LogP contribution in [0.4, 0.5) is 15.9 Å². The minimum atomic E-state index is -0.325. The summed E-state index contributed by atoms with van der Waals surface area (Å²) in [5.74, 6) is 1.00. The molecule has 7 nitrogen and oxygen atoms in total. The van der Waals surface area contributed by atoms with Gasteiger partial charge in [0.05, 0.1) is 18.7 Å². The number of pyridine rings is 1. The van der Waals surface area contributed by atoms with Gasteiger partial charge in [-0.3, -0.25) is 9.78 Å². The van der Waals surface area contributed by atoms with Crippen LogP contribution in [0.1, 0.15) is 31.0 Å². The van der Waals surface area contributed by atoms with Crippen LogP contribution in [0.2, 0.25) is 0 Å². The molecule has 0 radical (unpaired) electrons. The Labute approximate surface area is 186 Å². The topological polar surface area (TPSA) is 80.2 Å². The first-order chi connectivity index (χ1) is 15.6. The van der Waals surface area contributed by atoms with Crippen molar-refractivity contribution in [1.29, 1.82) is 0 Å². The number of anilines is 2. The van der Waals surface area contributed by atoms with E-state index in [-0.39, 0.29) is 17.6 Å². The van der Waals surface area contributed by atoms with E-state index in [1.54, 1.807) is 31.6 Å². The van der Waals surface area contributed by atoms with Crippen molar-refractivity contribution in [1.82, 2.24) is 19.9 Å². The summed E-state index contributed by atoms with van der Waals surface area (Å²) in [4.78, 5) is 28.1. The lowest BCUT2D eigenvalue weighted by Crippen LogP contribution is -2.39. The van der Waals surface area contributed by atoms with Crippen LogP contribution in [0.3, 0.4) is 0 Å². The number of carbonyl (C=O) groups is 1. The Bertz CT molecular complexity index is 1060. The average molecular weight is 436 g/mol. The molecule has 1 amide bonds. The molecule has 1 fully saturated rings. The number of ether oxygens (including phenoxy) is 1. The fourth-order valence-corrected chi connectivity index (χ4v) is 3.85. The Morgan fingerprint density at radius 3 is 2.94 bits per heavy atom. The molecule has 3 heterocycles. The highest BCUT2D eigenvalue weighted by Gasteiger charge is 2.27. The van der Waals surface area contributed by atoms with Gasteiger partial charge in [0.25, 0.3) is 0 Å². The Kier molecular flexibility index (Phi) is 7.01. The van der Waals surface area contributed by atoms with Crippen LogP contribution >= 0.6 is 0 Å². The quantitative estimate of drug-likeness (QED) is 0.600. The zero-order valence-corrected chi connectivity index (χ0v) is 18.0. The maximum atomic E-state index is 13.7. The van der Waals surface area contributed by atoms with Gasteiger partial charge >= 0.3 is 0 Å². The van der Waals surface area contributed by atoms with Crippen LogP contribution in [0, 0.1) is 5.82 Å². The molecule has 1 aliphatic rings. The molecule has 3 aromatic rings. The van der Waals surface area contributed by atoms with E-state index in [4.69, 9.17) is 14.7 Å². The lowest BCUT2D eigenvalue weighted by molar-refractivity contribution is -0.133. The molecule has 4 rings (SSSR count). The Morgan fingerprint density at radius 1 is 1.25 bits per heavy atom. The number of methoxy groups -OCH3 is 1. The van der Waals surface area contributed by atoms with Crippen molar-refractivity contribution >= 4 is 17.4 Å². The van der Waals surface area contributed by atoms with Crippen molar-refractivity contribution in [3.8, 4) is 11.3 Å². The number of piperidine rings is 1. The lowest BCUT2D eigenvalue weighted by atomic mass is 9.96. The monoisotopic (exact) mass is 435 g/mol. The second-order valence-corrected chi connectivity index (χ2v) is 7.80. The Hall–Kier alpha value is -3.39. The summed E-state index contributed by atoms with van der Waals surface area (Å²) in [5.41, 5.74) is 2.19. The number of aromatic nitrogens is 3. The van der Waals surface area contributed by atoms with Crippen LogP contribution in [-0.4, -0.2) is 52.6 Å². The molecule has 1 aromatic carbocycles. The van der Waals surface area contributed by atoms with E-state index >= 15 is 0 Å². The van der Waals surface area contributed by atoms with E-state index in [1.807, 2.05) is 23.1 Å². The van der Waals surface area contributed by atoms with Crippen molar-refractivity contribution in [2.75, 3.05) is 32.1 Å². The summed E-state index contributed by atoms with van der Waals surface area (Å²) in [5, 5.41) is 3.19. The third kappa shape index (κ3) is 5.45. The van der Waals surface area contributed by atoms with Crippen molar-refractivity contribution < 1.29 is 13.9 Å². The predicted octanol–water partition coefficient (Wildman–Crippen LogP) is 4.16. The van der Waals surface area contributed by atoms with Crippen LogP contribution < -0.4 is 5.32 Å². The van der Waals surface area contributed by atoms with E-state index in [2.05, 4.69) is 10.3 Å². The second-order valence-electron chi connectivity index (χ2n) is 7.80. The van der Waals surface area contributed by atoms with E-state index in [0.717, 1.165) is 30.6 Å². The van der Waals surface area contributed by atoms with Crippen LogP contribution in [-0.2, 0) is 9.53 Å². The number of likely N-dealkylation sites (tertiary alicyclic amines) is 1. The molecule has 32 heavy (non-hydrogen) atoms. The van der Waals surface area contributed by atoms with Gasteiger partial charge in [0.15, 0.2) is 0 Å². The first-order valence-corrected chi connectivity index (χ1v) is 10.7. The van der Waals surface area contributed by atoms with E-state index in [0.29, 0.717) is 36.9 Å². The molecule has 1 N–H and O–H groups in total. The van der Waals surface area contributed by atoms with Crippen LogP contribution in [0.5, 0.6) is 0 Å². The number of nitrogens with zero attached hydrogens (tertiary/aromatic N) is 4. The van der Waals surface area contributed by atoms with Gasteiger partial charge in [-0.25, -0.2) is 14.4 Å². The zero-order valence-electron chi connectivity index (χ0n) is 18.0. The average Bonchev–Trinajstić information content (AvgIpc) is 2.83. The van der Waals surface area contributed by atoms with Crippen molar-refractivity contribution in [3.63, 3.8) is 0 Å². The smallest absolute Gasteiger partial charge is 0.224 e. The van der Waals surface area contributed by atoms with Crippen LogP contribution in [0.15, 0.2) is 54.9 Å². The standard InChI is InChI=1S/C24H26FN5O2/c1-32-12-9-23(31)30-11-4-6-18(16-30)24-28-21(17-5-3-10-26-15-17)14-22(29-24)27-20-8-2-7-19(25)13-20/h2-3,5,7-8,10,13-15,18H,4,6,9,11-12,16H2,1H3,(H,27,28,29)/t18-/m0/s1. The molecule has 1 saturated heterocycles. The summed E-state index contributed by atoms with van der Waals surface area (Å²) in [6, 6.07) is 11.9. The highest BCUT2D eigenvalue weighted by Crippen LogP contribution is 2.29. The van der Waals surface area contributed by atoms with Gasteiger partial charge in [-0.05, 0) is 43.2 Å². The predicted molar refractivity (Wildman–Crippen MR) is 120 cm³/mol. The largest absolute Gasteiger partial charge is 0.384 e. The number of nitrogens with one attached hydrogen (secondary N) is 1. The summed E-state index contributed by atoms with van der Waals surface area (Å²) < 4.78 is 18.7. The highest BCUT2D eigenvalue weighted by atomic mass is 19.1. The number of carbonyl (C=O) groups excluding carboxylic acids is 1. The zero-order chi connectivity index (χ0) is 22.3. The number of amides is 1. The van der Waals surface area contributed by atoms with Crippen molar-refractivity contribution in [3.05, 3.63) is 66.5 Å². The highest BCUT2D eigenvalue weighted by molar-refractivity contribution is 5.76. The molecule has 0 aliphatic carbocycles. The van der Waals surface area contributed by atoms with E-state index in [9.17, 15) is 9.18 Å². The van der Waals surface area contributed by atoms with Gasteiger partial charge in [0, 0.05) is 55.8 Å². The molecule has 0 saturated carbocycles. The molecule has 1 atom stereocenters. The molecular formula is C24H26FN5O2. The number of hydrogen-bond acceptors (Lipinski definition) is 6. The van der Waals surface area contributed by atoms with E-state index < -0.39 is 0 Å². The van der Waals surface area contributed by atoms with E-state index in [1.165, 1.54) is 12.1 Å². The number of rotatable bonds is 7. The molecule has 2 aromatic heterocycles. The van der Waals surface area contributed by atoms with Gasteiger partial charge < -0.3 is 15.0 Å². The lowest BCUT2D eigenvalue weighted by Gasteiger charge is -2.32. The summed E-state index contributed by atoms with van der Waals surface area (Å²) >= 11 is 0. The summed E-state index contributed by atoms with van der Waals surface area (Å²) in [7, 11) is 1.59.